The van der Waals surface area contributed by atoms with Crippen molar-refractivity contribution in [1.82, 2.24) is 9.88 Å². The summed E-state index contributed by atoms with van der Waals surface area (Å²) in [5.41, 5.74) is 0.969. The van der Waals surface area contributed by atoms with E-state index in [1.807, 2.05) is 17.0 Å². The summed E-state index contributed by atoms with van der Waals surface area (Å²) >= 11 is 0. The lowest BCUT2D eigenvalue weighted by Gasteiger charge is -2.22. The fourth-order valence-electron chi connectivity index (χ4n) is 1.72. The van der Waals surface area contributed by atoms with Gasteiger partial charge in [0, 0.05) is 25.5 Å². The van der Waals surface area contributed by atoms with Crippen LogP contribution in [-0.2, 0) is 16.1 Å². The number of carboxylic acids is 1. The quantitative estimate of drug-likeness (QED) is 0.787. The monoisotopic (exact) mass is 250 g/mol. The van der Waals surface area contributed by atoms with Crippen LogP contribution in [0.25, 0.3) is 0 Å². The number of carboxylic acid groups (broad SMARTS) is 1. The molecular weight excluding hydrogens is 232 g/mol. The van der Waals surface area contributed by atoms with Crippen LogP contribution >= 0.6 is 0 Å². The number of hydrogen-bond donors (Lipinski definition) is 1. The Morgan fingerprint density at radius 1 is 1.50 bits per heavy atom. The largest absolute Gasteiger partial charge is 0.481 e. The van der Waals surface area contributed by atoms with Gasteiger partial charge in [-0.25, -0.2) is 0 Å². The summed E-state index contributed by atoms with van der Waals surface area (Å²) < 4.78 is 0. The smallest absolute Gasteiger partial charge is 0.307 e. The van der Waals surface area contributed by atoms with Crippen molar-refractivity contribution in [1.29, 1.82) is 0 Å². The molecular formula is C13H18N2O3. The molecule has 5 nitrogen and oxygen atoms in total. The van der Waals surface area contributed by atoms with E-state index in [0.29, 0.717) is 13.1 Å². The molecule has 1 rings (SSSR count). The third kappa shape index (κ3) is 5.05. The van der Waals surface area contributed by atoms with Gasteiger partial charge in [0.25, 0.3) is 0 Å². The second kappa shape index (κ2) is 6.86. The average molecular weight is 250 g/mol. The summed E-state index contributed by atoms with van der Waals surface area (Å²) in [7, 11) is 0. The Labute approximate surface area is 106 Å². The number of ketones is 1. The van der Waals surface area contributed by atoms with Gasteiger partial charge in [0.2, 0.25) is 0 Å². The molecule has 5 heteroatoms. The maximum absolute atomic E-state index is 11.2. The molecule has 1 unspecified atom stereocenters. The second-order valence-corrected chi connectivity index (χ2v) is 4.47. The number of carbonyl (C=O) groups is 2. The molecule has 1 aromatic heterocycles. The van der Waals surface area contributed by atoms with Crippen LogP contribution in [0.15, 0.2) is 24.5 Å². The van der Waals surface area contributed by atoms with Crippen LogP contribution in [0.5, 0.6) is 0 Å². The highest BCUT2D eigenvalue weighted by Crippen LogP contribution is 2.07. The van der Waals surface area contributed by atoms with E-state index in [-0.39, 0.29) is 12.3 Å². The molecule has 0 aliphatic rings. The molecule has 0 amide bonds. The molecule has 0 fully saturated rings. The Bertz CT molecular complexity index is 406. The van der Waals surface area contributed by atoms with Gasteiger partial charge < -0.3 is 5.11 Å². The Hall–Kier alpha value is -1.75. The van der Waals surface area contributed by atoms with Gasteiger partial charge in [-0.3, -0.25) is 19.5 Å². The number of hydrogen-bond acceptors (Lipinski definition) is 4. The topological polar surface area (TPSA) is 70.5 Å². The van der Waals surface area contributed by atoms with Crippen molar-refractivity contribution in [2.24, 2.45) is 5.92 Å². The van der Waals surface area contributed by atoms with E-state index >= 15 is 0 Å². The van der Waals surface area contributed by atoms with Gasteiger partial charge in [-0.05, 0) is 18.6 Å². The summed E-state index contributed by atoms with van der Waals surface area (Å²) in [5, 5.41) is 8.91. The second-order valence-electron chi connectivity index (χ2n) is 4.47. The third-order valence-corrected chi connectivity index (χ3v) is 2.53. The maximum Gasteiger partial charge on any atom is 0.307 e. The molecule has 0 saturated carbocycles. The Morgan fingerprint density at radius 3 is 2.72 bits per heavy atom. The van der Waals surface area contributed by atoms with Gasteiger partial charge in [-0.2, -0.15) is 0 Å². The summed E-state index contributed by atoms with van der Waals surface area (Å²) in [6.07, 6.45) is 3.40. The predicted molar refractivity (Wildman–Crippen MR) is 67.0 cm³/mol. The Morgan fingerprint density at radius 2 is 2.22 bits per heavy atom. The first kappa shape index (κ1) is 14.3. The van der Waals surface area contributed by atoms with Crippen molar-refractivity contribution in [3.63, 3.8) is 0 Å². The predicted octanol–water partition coefficient (Wildman–Crippen LogP) is 1.19. The maximum atomic E-state index is 11.2. The fourth-order valence-corrected chi connectivity index (χ4v) is 1.72. The third-order valence-electron chi connectivity index (χ3n) is 2.53. The fraction of sp³-hybridized carbons (Fsp3) is 0.462. The Balaban J connectivity index is 2.66. The number of Topliss-reactive ketones (excluding diaryl/α,β-unsaturated/α-hetero) is 1. The van der Waals surface area contributed by atoms with E-state index < -0.39 is 11.9 Å². The van der Waals surface area contributed by atoms with Crippen LogP contribution in [0, 0.1) is 5.92 Å². The van der Waals surface area contributed by atoms with Gasteiger partial charge in [-0.1, -0.05) is 13.0 Å². The number of carbonyl (C=O) groups excluding carboxylic acids is 1. The van der Waals surface area contributed by atoms with Crippen LogP contribution < -0.4 is 0 Å². The van der Waals surface area contributed by atoms with Gasteiger partial charge in [0.05, 0.1) is 12.5 Å². The van der Waals surface area contributed by atoms with Crippen molar-refractivity contribution in [3.05, 3.63) is 30.1 Å². The van der Waals surface area contributed by atoms with E-state index in [1.54, 1.807) is 19.3 Å². The minimum atomic E-state index is -0.852. The lowest BCUT2D eigenvalue weighted by Crippen LogP contribution is -2.34. The van der Waals surface area contributed by atoms with Crippen molar-refractivity contribution in [2.45, 2.75) is 20.4 Å². The number of nitrogens with zero attached hydrogens (tertiary/aromatic N) is 2. The number of rotatable bonds is 7. The lowest BCUT2D eigenvalue weighted by molar-refractivity contribution is -0.142. The zero-order chi connectivity index (χ0) is 13.5. The van der Waals surface area contributed by atoms with Crippen LogP contribution in [0.4, 0.5) is 0 Å². The normalized spacial score (nSPS) is 12.4. The van der Waals surface area contributed by atoms with E-state index in [2.05, 4.69) is 4.98 Å². The SMILES string of the molecule is CC(=O)CN(Cc1cccnc1)CC(C)C(=O)O. The van der Waals surface area contributed by atoms with Crippen molar-refractivity contribution in [2.75, 3.05) is 13.1 Å². The van der Waals surface area contributed by atoms with Gasteiger partial charge in [-0.15, -0.1) is 0 Å². The van der Waals surface area contributed by atoms with E-state index in [9.17, 15) is 9.59 Å². The minimum Gasteiger partial charge on any atom is -0.481 e. The first-order valence-electron chi connectivity index (χ1n) is 5.82. The standard InChI is InChI=1S/C13H18N2O3/c1-10(13(17)18)7-15(8-11(2)16)9-12-4-3-5-14-6-12/h3-6,10H,7-9H2,1-2H3,(H,17,18). The highest BCUT2D eigenvalue weighted by Gasteiger charge is 2.17. The molecule has 1 atom stereocenters. The van der Waals surface area contributed by atoms with Crippen molar-refractivity contribution in [3.8, 4) is 0 Å². The van der Waals surface area contributed by atoms with Gasteiger partial charge in [0.15, 0.2) is 0 Å². The number of aromatic nitrogens is 1. The first-order chi connectivity index (χ1) is 8.49. The van der Waals surface area contributed by atoms with Crippen LogP contribution in [-0.4, -0.2) is 39.8 Å². The molecule has 18 heavy (non-hydrogen) atoms. The first-order valence-corrected chi connectivity index (χ1v) is 5.82. The lowest BCUT2D eigenvalue weighted by atomic mass is 10.1. The summed E-state index contributed by atoms with van der Waals surface area (Å²) in [4.78, 5) is 27.9. The molecule has 0 spiro atoms. The molecule has 1 N–H and O–H groups in total. The van der Waals surface area contributed by atoms with Crippen molar-refractivity contribution >= 4 is 11.8 Å². The molecule has 0 aliphatic carbocycles. The zero-order valence-corrected chi connectivity index (χ0v) is 10.7. The summed E-state index contributed by atoms with van der Waals surface area (Å²) in [6, 6.07) is 3.73. The summed E-state index contributed by atoms with van der Waals surface area (Å²) in [5.74, 6) is -1.33. The van der Waals surface area contributed by atoms with Crippen molar-refractivity contribution < 1.29 is 14.7 Å². The molecule has 1 aromatic rings. The average Bonchev–Trinajstić information content (AvgIpc) is 2.29. The molecule has 98 valence electrons. The molecule has 0 saturated heterocycles. The molecule has 0 radical (unpaired) electrons. The minimum absolute atomic E-state index is 0.0245. The van der Waals surface area contributed by atoms with Gasteiger partial charge in [0.1, 0.15) is 5.78 Å². The van der Waals surface area contributed by atoms with E-state index in [0.717, 1.165) is 5.56 Å². The van der Waals surface area contributed by atoms with Crippen LogP contribution in [0.3, 0.4) is 0 Å². The zero-order valence-electron chi connectivity index (χ0n) is 10.7. The van der Waals surface area contributed by atoms with E-state index in [4.69, 9.17) is 5.11 Å². The molecule has 0 aromatic carbocycles. The number of aliphatic carboxylic acids is 1. The van der Waals surface area contributed by atoms with Crippen LogP contribution in [0.2, 0.25) is 0 Å². The number of pyridine rings is 1. The molecule has 0 bridgehead atoms. The highest BCUT2D eigenvalue weighted by molar-refractivity contribution is 5.77. The summed E-state index contributed by atoms with van der Waals surface area (Å²) in [6.45, 7) is 4.28. The van der Waals surface area contributed by atoms with Crippen LogP contribution in [0.1, 0.15) is 19.4 Å². The highest BCUT2D eigenvalue weighted by atomic mass is 16.4. The molecule has 1 heterocycles. The van der Waals surface area contributed by atoms with E-state index in [1.165, 1.54) is 6.92 Å². The Kier molecular flexibility index (Phi) is 5.45. The van der Waals surface area contributed by atoms with Gasteiger partial charge >= 0.3 is 5.97 Å². The molecule has 0 aliphatic heterocycles.